The number of imidazole rings is 1. The molecule has 8 heteroatoms. The number of aromatic nitrogens is 4. The average Bonchev–Trinajstić information content (AvgIpc) is 3.45. The van der Waals surface area contributed by atoms with Gasteiger partial charge < -0.3 is 15.2 Å². The molecule has 0 aliphatic heterocycles. The van der Waals surface area contributed by atoms with E-state index in [1.54, 1.807) is 10.7 Å². The number of hydrogen-bond donors (Lipinski definition) is 2. The molecule has 8 nitrogen and oxygen atoms in total. The van der Waals surface area contributed by atoms with Gasteiger partial charge in [0.05, 0.1) is 23.3 Å². The van der Waals surface area contributed by atoms with Gasteiger partial charge in [0.15, 0.2) is 5.69 Å². The third kappa shape index (κ3) is 4.81. The molecule has 5 aromatic rings. The fraction of sp³-hybridized carbons (Fsp3) is 0.111. The van der Waals surface area contributed by atoms with Gasteiger partial charge in [-0.05, 0) is 29.8 Å². The number of para-hydroxylation sites is 3. The normalized spacial score (nSPS) is 10.9. The summed E-state index contributed by atoms with van der Waals surface area (Å²) in [5, 5.41) is 10.1. The molecule has 0 fully saturated rings. The highest BCUT2D eigenvalue weighted by atomic mass is 16.2. The van der Waals surface area contributed by atoms with Crippen LogP contribution in [-0.4, -0.2) is 31.1 Å². The predicted octanol–water partition coefficient (Wildman–Crippen LogP) is 4.16. The molecule has 2 heterocycles. The molecule has 0 saturated carbocycles. The molecule has 0 aliphatic rings. The number of carbonyl (C=O) groups excluding carboxylic acids is 2. The summed E-state index contributed by atoms with van der Waals surface area (Å²) in [6.07, 6.45) is 0. The Morgan fingerprint density at radius 3 is 2.31 bits per heavy atom. The zero-order valence-corrected chi connectivity index (χ0v) is 19.2. The number of benzene rings is 3. The predicted molar refractivity (Wildman–Crippen MR) is 134 cm³/mol. The Morgan fingerprint density at radius 1 is 0.886 bits per heavy atom. The van der Waals surface area contributed by atoms with Crippen molar-refractivity contribution >= 4 is 28.7 Å². The van der Waals surface area contributed by atoms with E-state index < -0.39 is 0 Å². The van der Waals surface area contributed by atoms with E-state index in [0.717, 1.165) is 28.1 Å². The summed E-state index contributed by atoms with van der Waals surface area (Å²) in [6.45, 7) is 2.29. The number of fused-ring (bicyclic) bond motifs is 1. The monoisotopic (exact) mass is 464 g/mol. The van der Waals surface area contributed by atoms with Gasteiger partial charge in [0, 0.05) is 19.5 Å². The summed E-state index contributed by atoms with van der Waals surface area (Å²) >= 11 is 0. The number of carbonyl (C=O) groups is 2. The van der Waals surface area contributed by atoms with Gasteiger partial charge in [0.25, 0.3) is 5.91 Å². The standard InChI is InChI=1S/C27H24N6O2/c1-19(34)29-25-16-23(31-33(25)21-12-6-3-7-13-21)27(35)28-17-26-30-22-14-8-9-15-24(22)32(26)18-20-10-4-2-5-11-20/h2-16H,17-18H2,1H3,(H,28,35)(H,29,34). The lowest BCUT2D eigenvalue weighted by Gasteiger charge is -2.10. The van der Waals surface area contributed by atoms with Crippen molar-refractivity contribution in [3.05, 3.63) is 108 Å². The number of nitrogens with zero attached hydrogens (tertiary/aromatic N) is 4. The molecule has 3 aromatic carbocycles. The molecule has 0 bridgehead atoms. The Kier molecular flexibility index (Phi) is 6.09. The van der Waals surface area contributed by atoms with Gasteiger partial charge in [0.1, 0.15) is 11.6 Å². The van der Waals surface area contributed by atoms with Crippen LogP contribution in [-0.2, 0) is 17.9 Å². The molecule has 35 heavy (non-hydrogen) atoms. The SMILES string of the molecule is CC(=O)Nc1cc(C(=O)NCc2nc3ccccc3n2Cc2ccccc2)nn1-c1ccccc1. The van der Waals surface area contributed by atoms with E-state index in [-0.39, 0.29) is 24.1 Å². The summed E-state index contributed by atoms with van der Waals surface area (Å²) < 4.78 is 3.65. The molecule has 0 atom stereocenters. The Balaban J connectivity index is 1.41. The second kappa shape index (κ2) is 9.64. The van der Waals surface area contributed by atoms with E-state index >= 15 is 0 Å². The minimum Gasteiger partial charge on any atom is -0.343 e. The van der Waals surface area contributed by atoms with Crippen molar-refractivity contribution in [3.8, 4) is 5.69 Å². The van der Waals surface area contributed by atoms with Gasteiger partial charge in [-0.1, -0.05) is 60.7 Å². The third-order valence-corrected chi connectivity index (χ3v) is 5.57. The molecule has 0 radical (unpaired) electrons. The largest absolute Gasteiger partial charge is 0.343 e. The van der Waals surface area contributed by atoms with E-state index in [1.807, 2.05) is 72.8 Å². The van der Waals surface area contributed by atoms with Crippen LogP contribution in [0.5, 0.6) is 0 Å². The lowest BCUT2D eigenvalue weighted by Crippen LogP contribution is -2.25. The molecule has 0 saturated heterocycles. The van der Waals surface area contributed by atoms with Crippen LogP contribution in [0.2, 0.25) is 0 Å². The van der Waals surface area contributed by atoms with Crippen LogP contribution in [0.1, 0.15) is 28.8 Å². The van der Waals surface area contributed by atoms with Crippen molar-refractivity contribution in [1.82, 2.24) is 24.6 Å². The Hall–Kier alpha value is -4.72. The van der Waals surface area contributed by atoms with Crippen molar-refractivity contribution in [2.45, 2.75) is 20.0 Å². The maximum absolute atomic E-state index is 13.0. The summed E-state index contributed by atoms with van der Waals surface area (Å²) in [4.78, 5) is 29.5. The molecule has 0 unspecified atom stereocenters. The third-order valence-electron chi connectivity index (χ3n) is 5.57. The smallest absolute Gasteiger partial charge is 0.272 e. The van der Waals surface area contributed by atoms with Gasteiger partial charge in [-0.2, -0.15) is 5.10 Å². The summed E-state index contributed by atoms with van der Waals surface area (Å²) in [7, 11) is 0. The first kappa shape index (κ1) is 22.1. The summed E-state index contributed by atoms with van der Waals surface area (Å²) in [5.74, 6) is 0.561. The van der Waals surface area contributed by atoms with E-state index in [2.05, 4.69) is 32.4 Å². The van der Waals surface area contributed by atoms with E-state index in [4.69, 9.17) is 4.98 Å². The van der Waals surface area contributed by atoms with Crippen LogP contribution in [0.25, 0.3) is 16.7 Å². The van der Waals surface area contributed by atoms with Crippen molar-refractivity contribution in [2.24, 2.45) is 0 Å². The molecular weight excluding hydrogens is 440 g/mol. The van der Waals surface area contributed by atoms with Crippen LogP contribution in [0.4, 0.5) is 5.82 Å². The molecule has 0 aliphatic carbocycles. The first-order valence-corrected chi connectivity index (χ1v) is 11.3. The van der Waals surface area contributed by atoms with E-state index in [9.17, 15) is 9.59 Å². The number of amides is 2. The molecule has 2 amide bonds. The van der Waals surface area contributed by atoms with Gasteiger partial charge in [-0.15, -0.1) is 0 Å². The molecule has 2 aromatic heterocycles. The minimum atomic E-state index is -0.357. The van der Waals surface area contributed by atoms with Gasteiger partial charge in [0.2, 0.25) is 5.91 Å². The van der Waals surface area contributed by atoms with Crippen LogP contribution in [0, 0.1) is 0 Å². The molecule has 5 rings (SSSR count). The minimum absolute atomic E-state index is 0.198. The molecule has 2 N–H and O–H groups in total. The van der Waals surface area contributed by atoms with Gasteiger partial charge >= 0.3 is 0 Å². The second-order valence-corrected chi connectivity index (χ2v) is 8.11. The lowest BCUT2D eigenvalue weighted by atomic mass is 10.2. The van der Waals surface area contributed by atoms with Crippen LogP contribution < -0.4 is 10.6 Å². The highest BCUT2D eigenvalue weighted by molar-refractivity contribution is 5.95. The Morgan fingerprint density at radius 2 is 1.57 bits per heavy atom. The quantitative estimate of drug-likeness (QED) is 0.378. The zero-order valence-electron chi connectivity index (χ0n) is 19.2. The van der Waals surface area contributed by atoms with Crippen LogP contribution in [0.3, 0.4) is 0 Å². The van der Waals surface area contributed by atoms with Gasteiger partial charge in [-0.3, -0.25) is 9.59 Å². The average molecular weight is 465 g/mol. The fourth-order valence-corrected chi connectivity index (χ4v) is 3.98. The summed E-state index contributed by atoms with van der Waals surface area (Å²) in [5.41, 5.74) is 3.95. The first-order valence-electron chi connectivity index (χ1n) is 11.3. The second-order valence-electron chi connectivity index (χ2n) is 8.11. The summed E-state index contributed by atoms with van der Waals surface area (Å²) in [6, 6.07) is 28.9. The number of rotatable bonds is 7. The molecule has 174 valence electrons. The Labute approximate surface area is 202 Å². The van der Waals surface area contributed by atoms with E-state index in [1.165, 1.54) is 6.92 Å². The maximum Gasteiger partial charge on any atom is 0.272 e. The fourth-order valence-electron chi connectivity index (χ4n) is 3.98. The highest BCUT2D eigenvalue weighted by Gasteiger charge is 2.18. The highest BCUT2D eigenvalue weighted by Crippen LogP contribution is 2.20. The van der Waals surface area contributed by atoms with E-state index in [0.29, 0.717) is 12.4 Å². The topological polar surface area (TPSA) is 93.8 Å². The zero-order chi connectivity index (χ0) is 24.2. The van der Waals surface area contributed by atoms with Crippen molar-refractivity contribution < 1.29 is 9.59 Å². The molecule has 0 spiro atoms. The first-order chi connectivity index (χ1) is 17.1. The van der Waals surface area contributed by atoms with Crippen LogP contribution >= 0.6 is 0 Å². The number of hydrogen-bond acceptors (Lipinski definition) is 4. The Bertz CT molecular complexity index is 1490. The van der Waals surface area contributed by atoms with Crippen LogP contribution in [0.15, 0.2) is 91.0 Å². The number of nitrogens with one attached hydrogen (secondary N) is 2. The lowest BCUT2D eigenvalue weighted by molar-refractivity contribution is -0.114. The number of anilines is 1. The van der Waals surface area contributed by atoms with Crippen molar-refractivity contribution in [3.63, 3.8) is 0 Å². The van der Waals surface area contributed by atoms with Gasteiger partial charge in [-0.25, -0.2) is 9.67 Å². The maximum atomic E-state index is 13.0. The van der Waals surface area contributed by atoms with Crippen molar-refractivity contribution in [2.75, 3.05) is 5.32 Å². The molecular formula is C27H24N6O2. The van der Waals surface area contributed by atoms with Crippen molar-refractivity contribution in [1.29, 1.82) is 0 Å².